The molecule has 20 heteroatoms. The Bertz CT molecular complexity index is 2330. The number of primary amides is 1. The average Bonchev–Trinajstić information content (AvgIpc) is 3.48. The molecule has 3 aromatic heterocycles. The fourth-order valence-electron chi connectivity index (χ4n) is 5.82. The first kappa shape index (κ1) is 41.6. The van der Waals surface area contributed by atoms with E-state index in [4.69, 9.17) is 25.3 Å². The smallest absolute Gasteiger partial charge is 0.418 e. The topological polar surface area (TPSA) is 247 Å². The number of fused-ring (bicyclic) bond motifs is 2. The number of carbonyl (C=O) groups is 2. The molecular weight excluding hydrogens is 758 g/mol. The molecule has 1 aliphatic carbocycles. The number of amides is 1. The first-order valence-electron chi connectivity index (χ1n) is 16.0. The van der Waals surface area contributed by atoms with E-state index < -0.39 is 43.9 Å². The number of aromatic nitrogens is 3. The number of ether oxygens (including phenoxy) is 1. The van der Waals surface area contributed by atoms with Crippen molar-refractivity contribution in [1.29, 1.82) is 0 Å². The van der Waals surface area contributed by atoms with Crippen LogP contribution < -0.4 is 16.8 Å². The summed E-state index contributed by atoms with van der Waals surface area (Å²) >= 11 is 0. The Kier molecular flexibility index (Phi) is 13.0. The summed E-state index contributed by atoms with van der Waals surface area (Å²) in [5, 5.41) is 4.08. The van der Waals surface area contributed by atoms with Gasteiger partial charge in [-0.3, -0.25) is 23.7 Å². The Morgan fingerprint density at radius 1 is 0.963 bits per heavy atom. The van der Waals surface area contributed by atoms with Crippen molar-refractivity contribution in [3.05, 3.63) is 84.3 Å². The number of nitrogens with two attached hydrogens (primary N) is 2. The van der Waals surface area contributed by atoms with Crippen LogP contribution in [0, 0.1) is 0 Å². The first-order valence-corrected chi connectivity index (χ1v) is 19.7. The lowest BCUT2D eigenvalue weighted by atomic mass is 9.92. The summed E-state index contributed by atoms with van der Waals surface area (Å²) in [6, 6.07) is 15.3. The summed E-state index contributed by atoms with van der Waals surface area (Å²) < 4.78 is 102. The summed E-state index contributed by atoms with van der Waals surface area (Å²) in [6.45, 7) is -0.188. The van der Waals surface area contributed by atoms with Gasteiger partial charge in [-0.1, -0.05) is 18.2 Å². The molecule has 7 N–H and O–H groups in total. The van der Waals surface area contributed by atoms with E-state index in [1.54, 1.807) is 24.4 Å². The van der Waals surface area contributed by atoms with Gasteiger partial charge in [0.05, 0.1) is 35.7 Å². The van der Waals surface area contributed by atoms with Crippen molar-refractivity contribution in [2.75, 3.05) is 24.4 Å². The monoisotopic (exact) mass is 794 g/mol. The second kappa shape index (κ2) is 16.9. The van der Waals surface area contributed by atoms with E-state index in [1.165, 1.54) is 16.8 Å². The van der Waals surface area contributed by atoms with Gasteiger partial charge in [-0.25, -0.2) is 4.98 Å². The molecule has 1 aliphatic rings. The van der Waals surface area contributed by atoms with Crippen LogP contribution in [0.25, 0.3) is 38.8 Å². The highest BCUT2D eigenvalue weighted by Gasteiger charge is 2.36. The number of esters is 1. The summed E-state index contributed by atoms with van der Waals surface area (Å²) in [5.74, 6) is -1.14. The van der Waals surface area contributed by atoms with E-state index in [2.05, 4.69) is 15.3 Å². The molecule has 5 aromatic rings. The molecule has 0 atom stereocenters. The fraction of sp³-hybridized carbons (Fsp3) is 0.294. The van der Waals surface area contributed by atoms with Crippen molar-refractivity contribution in [3.63, 3.8) is 0 Å². The van der Waals surface area contributed by atoms with Crippen LogP contribution in [0.4, 0.5) is 18.9 Å². The second-order valence-electron chi connectivity index (χ2n) is 12.3. The molecular formula is C34H37F3N6O9S2. The standard InChI is InChI=1S/C32H29F3N6O3.2CH4O3S/c33-32(34,35)25-17-41(31-29(25)23(11-12-38-31)19-13-18-3-1-2-4-26(18)39-16-19)21-7-10-24(30(37)43)27(14-21)40-20-5-8-22(9-6-20)44-28(42)15-36;2*1-5(2,3)4/h1-4,7,10-14,16-17,20,22,40H,5-6,8-9,15,36H2,(H2,37,43);2*1H3,(H,2,3,4). The molecule has 2 aromatic carbocycles. The van der Waals surface area contributed by atoms with Crippen LogP contribution in [0.5, 0.6) is 0 Å². The number of para-hydroxylation sites is 1. The fourth-order valence-corrected chi connectivity index (χ4v) is 5.82. The zero-order valence-corrected chi connectivity index (χ0v) is 30.5. The highest BCUT2D eigenvalue weighted by molar-refractivity contribution is 7.85. The van der Waals surface area contributed by atoms with Gasteiger partial charge in [0.2, 0.25) is 0 Å². The number of carbonyl (C=O) groups excluding carboxylic acids is 2. The number of pyridine rings is 2. The van der Waals surface area contributed by atoms with Gasteiger partial charge >= 0.3 is 12.1 Å². The molecule has 15 nitrogen and oxygen atoms in total. The zero-order chi connectivity index (χ0) is 40.0. The van der Waals surface area contributed by atoms with Crippen LogP contribution in [0.1, 0.15) is 41.6 Å². The maximum absolute atomic E-state index is 14.5. The maximum Gasteiger partial charge on any atom is 0.418 e. The highest BCUT2D eigenvalue weighted by Crippen LogP contribution is 2.42. The minimum Gasteiger partial charge on any atom is -0.461 e. The minimum absolute atomic E-state index is 0.0593. The third-order valence-electron chi connectivity index (χ3n) is 7.94. The lowest BCUT2D eigenvalue weighted by Crippen LogP contribution is -2.33. The zero-order valence-electron chi connectivity index (χ0n) is 28.8. The van der Waals surface area contributed by atoms with Crippen molar-refractivity contribution in [1.82, 2.24) is 14.5 Å². The van der Waals surface area contributed by atoms with Gasteiger partial charge in [-0.15, -0.1) is 0 Å². The van der Waals surface area contributed by atoms with Crippen molar-refractivity contribution in [2.24, 2.45) is 11.5 Å². The number of rotatable bonds is 7. The molecule has 1 amide bonds. The summed E-state index contributed by atoms with van der Waals surface area (Å²) in [5.41, 5.74) is 12.8. The van der Waals surface area contributed by atoms with Gasteiger partial charge < -0.3 is 26.1 Å². The molecule has 0 radical (unpaired) electrons. The summed E-state index contributed by atoms with van der Waals surface area (Å²) in [6.07, 6.45) is 3.05. The second-order valence-corrected chi connectivity index (χ2v) is 15.2. The molecule has 0 spiro atoms. The maximum atomic E-state index is 14.5. The van der Waals surface area contributed by atoms with Crippen LogP contribution in [-0.4, -0.2) is 83.6 Å². The number of nitrogens with zero attached hydrogens (tertiary/aromatic N) is 3. The van der Waals surface area contributed by atoms with Gasteiger partial charge in [0.25, 0.3) is 26.1 Å². The van der Waals surface area contributed by atoms with Crippen molar-refractivity contribution < 1.29 is 53.4 Å². The molecule has 0 unspecified atom stereocenters. The molecule has 1 saturated carbocycles. The molecule has 290 valence electrons. The average molecular weight is 795 g/mol. The summed E-state index contributed by atoms with van der Waals surface area (Å²) in [4.78, 5) is 32.7. The Balaban J connectivity index is 0.000000577. The van der Waals surface area contributed by atoms with Gasteiger partial charge in [0, 0.05) is 52.3 Å². The molecule has 0 bridgehead atoms. The Labute approximate surface area is 308 Å². The molecule has 0 saturated heterocycles. The number of halogens is 3. The molecule has 6 rings (SSSR count). The van der Waals surface area contributed by atoms with Crippen LogP contribution in [0.15, 0.2) is 73.2 Å². The van der Waals surface area contributed by atoms with E-state index >= 15 is 0 Å². The van der Waals surface area contributed by atoms with Crippen LogP contribution in [-0.2, 0) is 35.9 Å². The van der Waals surface area contributed by atoms with E-state index in [0.717, 1.165) is 17.1 Å². The molecule has 54 heavy (non-hydrogen) atoms. The predicted molar refractivity (Wildman–Crippen MR) is 195 cm³/mol. The number of benzene rings is 2. The third kappa shape index (κ3) is 11.7. The first-order chi connectivity index (χ1) is 25.1. The summed E-state index contributed by atoms with van der Waals surface area (Å²) in [7, 11) is -7.33. The van der Waals surface area contributed by atoms with Gasteiger partial charge in [0.1, 0.15) is 11.8 Å². The predicted octanol–water partition coefficient (Wildman–Crippen LogP) is 4.59. The molecule has 1 fully saturated rings. The lowest BCUT2D eigenvalue weighted by molar-refractivity contribution is -0.148. The SMILES string of the molecule is CS(=O)(=O)O.CS(=O)(=O)O.NCC(=O)OC1CCC(Nc2cc(-n3cc(C(F)(F)F)c4c(-c5cnc6ccccc6c5)ccnc43)ccc2C(N)=O)CC1. The van der Waals surface area contributed by atoms with Crippen LogP contribution >= 0.6 is 0 Å². The number of alkyl halides is 3. The third-order valence-corrected chi connectivity index (χ3v) is 7.94. The Morgan fingerprint density at radius 3 is 2.19 bits per heavy atom. The van der Waals surface area contributed by atoms with E-state index in [0.29, 0.717) is 60.7 Å². The number of anilines is 1. The number of hydrogen-bond acceptors (Lipinski definition) is 11. The normalized spacial score (nSPS) is 16.1. The van der Waals surface area contributed by atoms with Crippen molar-refractivity contribution >= 4 is 59.7 Å². The Hall–Kier alpha value is -5.15. The number of hydrogen-bond donors (Lipinski definition) is 5. The van der Waals surface area contributed by atoms with E-state index in [-0.39, 0.29) is 35.3 Å². The molecule has 0 aliphatic heterocycles. The van der Waals surface area contributed by atoms with E-state index in [1.807, 2.05) is 30.3 Å². The van der Waals surface area contributed by atoms with Gasteiger partial charge in [-0.2, -0.15) is 30.0 Å². The van der Waals surface area contributed by atoms with Crippen LogP contribution in [0.3, 0.4) is 0 Å². The van der Waals surface area contributed by atoms with Crippen molar-refractivity contribution in [3.8, 4) is 16.8 Å². The largest absolute Gasteiger partial charge is 0.461 e. The lowest BCUT2D eigenvalue weighted by Gasteiger charge is -2.30. The van der Waals surface area contributed by atoms with Crippen LogP contribution in [0.2, 0.25) is 0 Å². The van der Waals surface area contributed by atoms with Gasteiger partial charge in [-0.05, 0) is 67.6 Å². The minimum atomic E-state index is -4.67. The molecule has 3 heterocycles. The number of nitrogens with one attached hydrogen (secondary N) is 1. The van der Waals surface area contributed by atoms with E-state index in [9.17, 15) is 39.6 Å². The quantitative estimate of drug-likeness (QED) is 0.112. The van der Waals surface area contributed by atoms with Crippen molar-refractivity contribution in [2.45, 2.75) is 44.0 Å². The van der Waals surface area contributed by atoms with Gasteiger partial charge in [0.15, 0.2) is 0 Å². The highest BCUT2D eigenvalue weighted by atomic mass is 32.2. The Morgan fingerprint density at radius 2 is 1.59 bits per heavy atom.